The van der Waals surface area contributed by atoms with Crippen molar-refractivity contribution in [3.05, 3.63) is 60.2 Å². The third kappa shape index (κ3) is 4.57. The van der Waals surface area contributed by atoms with Gasteiger partial charge in [-0.15, -0.1) is 0 Å². The summed E-state index contributed by atoms with van der Waals surface area (Å²) < 4.78 is 32.5. The van der Waals surface area contributed by atoms with E-state index in [0.29, 0.717) is 24.5 Å². The molecule has 0 amide bonds. The van der Waals surface area contributed by atoms with E-state index in [1.54, 1.807) is 24.3 Å². The number of sulfonamides is 1. The quantitative estimate of drug-likeness (QED) is 0.568. The molecule has 0 aliphatic carbocycles. The van der Waals surface area contributed by atoms with Gasteiger partial charge < -0.3 is 4.74 Å². The Labute approximate surface area is 164 Å². The standard InChI is InChI=1S/C20H20N4O3S/c1-2-27-17-8-9-19-15(13-17)12-16(14-21)20(24-19)22-10-11-23-28(25,26)18-6-4-3-5-7-18/h3-9,12-13,23H,2,10-11H2,1H3,(H,22,24)/p+1. The van der Waals surface area contributed by atoms with Crippen LogP contribution in [-0.2, 0) is 10.0 Å². The molecule has 0 unspecified atom stereocenters. The summed E-state index contributed by atoms with van der Waals surface area (Å²) in [6.07, 6.45) is 0. The first kappa shape index (κ1) is 19.6. The number of nitrogens with one attached hydrogen (secondary N) is 3. The predicted molar refractivity (Wildman–Crippen MR) is 107 cm³/mol. The van der Waals surface area contributed by atoms with Crippen LogP contribution in [0.3, 0.4) is 0 Å². The number of pyridine rings is 1. The van der Waals surface area contributed by atoms with Gasteiger partial charge in [0, 0.05) is 11.9 Å². The molecule has 1 aromatic heterocycles. The fourth-order valence-corrected chi connectivity index (χ4v) is 3.80. The van der Waals surface area contributed by atoms with Crippen LogP contribution in [0.15, 0.2) is 59.5 Å². The molecule has 8 heteroatoms. The molecule has 144 valence electrons. The molecular formula is C20H21N4O3S+. The summed E-state index contributed by atoms with van der Waals surface area (Å²) in [6.45, 7) is 2.98. The third-order valence-electron chi connectivity index (χ3n) is 4.06. The molecule has 0 saturated heterocycles. The van der Waals surface area contributed by atoms with Crippen molar-refractivity contribution in [1.82, 2.24) is 4.72 Å². The smallest absolute Gasteiger partial charge is 0.290 e. The molecule has 0 atom stereocenters. The number of rotatable bonds is 8. The Kier molecular flexibility index (Phi) is 6.09. The summed E-state index contributed by atoms with van der Waals surface area (Å²) in [5, 5.41) is 13.4. The lowest BCUT2D eigenvalue weighted by Gasteiger charge is -2.07. The molecule has 7 nitrogen and oxygen atoms in total. The van der Waals surface area contributed by atoms with Gasteiger partial charge in [0.15, 0.2) is 0 Å². The largest absolute Gasteiger partial charge is 0.494 e. The number of fused-ring (bicyclic) bond motifs is 1. The molecule has 28 heavy (non-hydrogen) atoms. The maximum absolute atomic E-state index is 12.2. The van der Waals surface area contributed by atoms with E-state index in [4.69, 9.17) is 4.74 Å². The van der Waals surface area contributed by atoms with E-state index >= 15 is 0 Å². The minimum Gasteiger partial charge on any atom is -0.494 e. The average molecular weight is 397 g/mol. The van der Waals surface area contributed by atoms with Gasteiger partial charge in [0.2, 0.25) is 10.0 Å². The summed E-state index contributed by atoms with van der Waals surface area (Å²) in [5.74, 6) is 1.28. The average Bonchev–Trinajstić information content (AvgIpc) is 2.71. The Hall–Kier alpha value is -3.15. The highest BCUT2D eigenvalue weighted by molar-refractivity contribution is 7.89. The predicted octanol–water partition coefficient (Wildman–Crippen LogP) is 2.31. The summed E-state index contributed by atoms with van der Waals surface area (Å²) >= 11 is 0. The van der Waals surface area contributed by atoms with Crippen LogP contribution in [0.4, 0.5) is 5.82 Å². The van der Waals surface area contributed by atoms with E-state index in [1.807, 2.05) is 25.1 Å². The van der Waals surface area contributed by atoms with Crippen molar-refractivity contribution < 1.29 is 18.1 Å². The van der Waals surface area contributed by atoms with Crippen molar-refractivity contribution in [2.24, 2.45) is 0 Å². The van der Waals surface area contributed by atoms with Crippen molar-refractivity contribution in [3.8, 4) is 11.8 Å². The Bertz CT molecular complexity index is 1110. The van der Waals surface area contributed by atoms with Crippen LogP contribution < -0.4 is 19.8 Å². The molecule has 0 radical (unpaired) electrons. The van der Waals surface area contributed by atoms with Crippen molar-refractivity contribution in [2.75, 3.05) is 25.0 Å². The molecule has 2 aromatic carbocycles. The van der Waals surface area contributed by atoms with Gasteiger partial charge in [-0.1, -0.05) is 18.2 Å². The summed E-state index contributed by atoms with van der Waals surface area (Å²) in [6, 6.07) is 17.7. The normalized spacial score (nSPS) is 11.1. The van der Waals surface area contributed by atoms with E-state index in [2.05, 4.69) is 21.1 Å². The van der Waals surface area contributed by atoms with Crippen LogP contribution in [0.2, 0.25) is 0 Å². The molecule has 3 rings (SSSR count). The van der Waals surface area contributed by atoms with Gasteiger partial charge in [-0.05, 0) is 43.3 Å². The maximum Gasteiger partial charge on any atom is 0.290 e. The number of benzene rings is 2. The first-order valence-electron chi connectivity index (χ1n) is 8.85. The van der Waals surface area contributed by atoms with E-state index in [0.717, 1.165) is 16.7 Å². The number of nitriles is 1. The Morgan fingerprint density at radius 1 is 1.11 bits per heavy atom. The third-order valence-corrected chi connectivity index (χ3v) is 5.53. The molecule has 0 aliphatic heterocycles. The molecule has 0 aliphatic rings. The first-order chi connectivity index (χ1) is 13.5. The zero-order chi connectivity index (χ0) is 20.0. The molecule has 3 N–H and O–H groups in total. The lowest BCUT2D eigenvalue weighted by Crippen LogP contribution is -2.30. The van der Waals surface area contributed by atoms with Crippen LogP contribution in [0.25, 0.3) is 10.9 Å². The van der Waals surface area contributed by atoms with Crippen molar-refractivity contribution in [1.29, 1.82) is 5.26 Å². The molecule has 0 fully saturated rings. The van der Waals surface area contributed by atoms with Crippen molar-refractivity contribution in [2.45, 2.75) is 11.8 Å². The number of aromatic amines is 1. The highest BCUT2D eigenvalue weighted by atomic mass is 32.2. The Balaban J connectivity index is 1.68. The number of ether oxygens (including phenoxy) is 1. The second kappa shape index (κ2) is 8.69. The van der Waals surface area contributed by atoms with Gasteiger partial charge in [0.05, 0.1) is 18.0 Å². The van der Waals surface area contributed by atoms with Crippen LogP contribution in [0, 0.1) is 11.3 Å². The lowest BCUT2D eigenvalue weighted by molar-refractivity contribution is -0.327. The molecular weight excluding hydrogens is 376 g/mol. The van der Waals surface area contributed by atoms with Gasteiger partial charge in [-0.25, -0.2) is 18.1 Å². The van der Waals surface area contributed by atoms with Crippen LogP contribution in [0.5, 0.6) is 5.75 Å². The molecule has 0 bridgehead atoms. The monoisotopic (exact) mass is 397 g/mol. The number of H-pyrrole nitrogens is 1. The van der Waals surface area contributed by atoms with E-state index in [-0.39, 0.29) is 11.4 Å². The lowest BCUT2D eigenvalue weighted by atomic mass is 10.1. The topological polar surface area (TPSA) is 105 Å². The molecule has 3 aromatic rings. The summed E-state index contributed by atoms with van der Waals surface area (Å²) in [4.78, 5) is 3.40. The van der Waals surface area contributed by atoms with Gasteiger partial charge in [0.1, 0.15) is 22.9 Å². The van der Waals surface area contributed by atoms with Gasteiger partial charge in [-0.2, -0.15) is 5.26 Å². The highest BCUT2D eigenvalue weighted by Crippen LogP contribution is 2.21. The number of hydrogen-bond donors (Lipinski definition) is 2. The number of anilines is 1. The van der Waals surface area contributed by atoms with Crippen molar-refractivity contribution in [3.63, 3.8) is 0 Å². The summed E-state index contributed by atoms with van der Waals surface area (Å²) in [7, 11) is -3.55. The number of nitrogens with zero attached hydrogens (tertiary/aromatic N) is 1. The SMILES string of the molecule is CCOc1ccc2[nH+]c(NCCNS(=O)(=O)c3ccccc3)c(C#N)cc2c1. The molecule has 1 heterocycles. The minimum atomic E-state index is -3.55. The molecule has 0 spiro atoms. The number of hydrogen-bond acceptors (Lipinski definition) is 5. The second-order valence-corrected chi connectivity index (χ2v) is 7.76. The van der Waals surface area contributed by atoms with Gasteiger partial charge in [0.25, 0.3) is 5.82 Å². The second-order valence-electron chi connectivity index (χ2n) is 5.99. The first-order valence-corrected chi connectivity index (χ1v) is 10.3. The zero-order valence-corrected chi connectivity index (χ0v) is 16.2. The number of aromatic nitrogens is 1. The molecule has 0 saturated carbocycles. The minimum absolute atomic E-state index is 0.178. The Morgan fingerprint density at radius 3 is 2.61 bits per heavy atom. The van der Waals surface area contributed by atoms with Gasteiger partial charge >= 0.3 is 0 Å². The fraction of sp³-hybridized carbons (Fsp3) is 0.200. The van der Waals surface area contributed by atoms with Crippen LogP contribution in [0.1, 0.15) is 12.5 Å². The van der Waals surface area contributed by atoms with Gasteiger partial charge in [-0.3, -0.25) is 5.32 Å². The van der Waals surface area contributed by atoms with E-state index in [9.17, 15) is 13.7 Å². The fourth-order valence-electron chi connectivity index (χ4n) is 2.74. The van der Waals surface area contributed by atoms with E-state index < -0.39 is 10.0 Å². The highest BCUT2D eigenvalue weighted by Gasteiger charge is 2.15. The maximum atomic E-state index is 12.2. The van der Waals surface area contributed by atoms with Crippen LogP contribution >= 0.6 is 0 Å². The summed E-state index contributed by atoms with van der Waals surface area (Å²) in [5.41, 5.74) is 1.28. The van der Waals surface area contributed by atoms with Crippen LogP contribution in [-0.4, -0.2) is 28.1 Å². The van der Waals surface area contributed by atoms with E-state index in [1.165, 1.54) is 12.1 Å². The Morgan fingerprint density at radius 2 is 1.89 bits per heavy atom. The van der Waals surface area contributed by atoms with Crippen molar-refractivity contribution >= 4 is 26.7 Å². The zero-order valence-electron chi connectivity index (χ0n) is 15.4.